The third-order valence-corrected chi connectivity index (χ3v) is 4.36. The van der Waals surface area contributed by atoms with E-state index < -0.39 is 0 Å². The Bertz CT molecular complexity index is 441. The van der Waals surface area contributed by atoms with Crippen LogP contribution in [0.5, 0.6) is 0 Å². The summed E-state index contributed by atoms with van der Waals surface area (Å²) in [4.78, 5) is 13.6. The topological polar surface area (TPSA) is 58.3 Å². The van der Waals surface area contributed by atoms with Crippen LogP contribution in [0, 0.1) is 0 Å². The Labute approximate surface area is 114 Å². The number of nitrogen functional groups attached to an aromatic ring is 1. The monoisotopic (exact) mass is 261 g/mol. The lowest BCUT2D eigenvalue weighted by Crippen LogP contribution is -2.35. The van der Waals surface area contributed by atoms with Crippen LogP contribution in [0.3, 0.4) is 0 Å². The van der Waals surface area contributed by atoms with E-state index >= 15 is 0 Å². The number of likely N-dealkylation sites (tertiary alicyclic amines) is 1. The van der Waals surface area contributed by atoms with Crippen LogP contribution in [-0.2, 0) is 6.42 Å². The predicted octanol–water partition coefficient (Wildman–Crippen LogP) is 1.30. The molecule has 1 aromatic rings. The molecule has 104 valence electrons. The van der Waals surface area contributed by atoms with E-state index in [0.717, 1.165) is 25.3 Å². The Balaban J connectivity index is 1.75. The van der Waals surface area contributed by atoms with Crippen molar-refractivity contribution in [1.82, 2.24) is 14.9 Å². The van der Waals surface area contributed by atoms with Crippen molar-refractivity contribution in [1.29, 1.82) is 0 Å². The number of rotatable bonds is 3. The number of aryl methyl sites for hydroxylation is 1. The maximum atomic E-state index is 5.75. The normalized spacial score (nSPS) is 24.3. The van der Waals surface area contributed by atoms with Crippen LogP contribution in [0.25, 0.3) is 0 Å². The van der Waals surface area contributed by atoms with Crippen molar-refractivity contribution < 1.29 is 0 Å². The lowest BCUT2D eigenvalue weighted by atomic mass is 10.2. The highest BCUT2D eigenvalue weighted by Crippen LogP contribution is 2.26. The Morgan fingerprint density at radius 3 is 2.84 bits per heavy atom. The summed E-state index contributed by atoms with van der Waals surface area (Å²) < 4.78 is 0. The molecular formula is C14H23N5. The van der Waals surface area contributed by atoms with E-state index in [1.807, 2.05) is 6.20 Å². The molecule has 0 unspecified atom stereocenters. The summed E-state index contributed by atoms with van der Waals surface area (Å²) in [5.41, 5.74) is 6.95. The third-order valence-electron chi connectivity index (χ3n) is 4.36. The number of hydrogen-bond donors (Lipinski definition) is 1. The lowest BCUT2D eigenvalue weighted by molar-refractivity contribution is 0.260. The fourth-order valence-corrected chi connectivity index (χ4v) is 3.27. The molecule has 0 spiro atoms. The molecule has 0 aliphatic carbocycles. The molecule has 1 aromatic heterocycles. The molecule has 2 aliphatic rings. The first-order chi connectivity index (χ1) is 9.28. The second-order valence-corrected chi connectivity index (χ2v) is 5.56. The molecule has 3 rings (SSSR count). The fourth-order valence-electron chi connectivity index (χ4n) is 3.27. The highest BCUT2D eigenvalue weighted by atomic mass is 15.3. The molecule has 0 bridgehead atoms. The van der Waals surface area contributed by atoms with Gasteiger partial charge in [0.05, 0.1) is 0 Å². The van der Waals surface area contributed by atoms with Crippen LogP contribution in [0.1, 0.15) is 31.7 Å². The van der Waals surface area contributed by atoms with Crippen LogP contribution in [0.2, 0.25) is 0 Å². The largest absolute Gasteiger partial charge is 0.368 e. The van der Waals surface area contributed by atoms with Gasteiger partial charge in [0.15, 0.2) is 0 Å². The van der Waals surface area contributed by atoms with Crippen molar-refractivity contribution in [3.8, 4) is 0 Å². The minimum Gasteiger partial charge on any atom is -0.368 e. The smallest absolute Gasteiger partial charge is 0.221 e. The van der Waals surface area contributed by atoms with Gasteiger partial charge in [0.1, 0.15) is 5.82 Å². The van der Waals surface area contributed by atoms with E-state index in [0.29, 0.717) is 12.0 Å². The average Bonchev–Trinajstić information content (AvgIpc) is 3.09. The fraction of sp³-hybridized carbons (Fsp3) is 0.714. The molecule has 2 aliphatic heterocycles. The summed E-state index contributed by atoms with van der Waals surface area (Å²) >= 11 is 0. The lowest BCUT2D eigenvalue weighted by Gasteiger charge is -2.24. The molecule has 0 radical (unpaired) electrons. The molecular weight excluding hydrogens is 238 g/mol. The second-order valence-electron chi connectivity index (χ2n) is 5.56. The summed E-state index contributed by atoms with van der Waals surface area (Å²) in [6.07, 6.45) is 6.79. The zero-order valence-electron chi connectivity index (χ0n) is 11.7. The third kappa shape index (κ3) is 2.52. The van der Waals surface area contributed by atoms with Gasteiger partial charge in [-0.25, -0.2) is 4.98 Å². The molecule has 0 saturated carbocycles. The van der Waals surface area contributed by atoms with Gasteiger partial charge < -0.3 is 10.6 Å². The number of nitrogens with zero attached hydrogens (tertiary/aromatic N) is 4. The van der Waals surface area contributed by atoms with Crippen molar-refractivity contribution in [3.63, 3.8) is 0 Å². The summed E-state index contributed by atoms with van der Waals surface area (Å²) in [6, 6.07) is 0.698. The number of nitrogens with two attached hydrogens (primary N) is 1. The molecule has 3 heterocycles. The molecule has 2 N–H and O–H groups in total. The molecule has 19 heavy (non-hydrogen) atoms. The van der Waals surface area contributed by atoms with Gasteiger partial charge in [-0.1, -0.05) is 6.92 Å². The van der Waals surface area contributed by atoms with E-state index in [9.17, 15) is 0 Å². The molecule has 0 amide bonds. The van der Waals surface area contributed by atoms with Crippen LogP contribution >= 0.6 is 0 Å². The highest BCUT2D eigenvalue weighted by molar-refractivity contribution is 5.49. The molecule has 5 nitrogen and oxygen atoms in total. The maximum absolute atomic E-state index is 5.75. The molecule has 0 aromatic carbocycles. The van der Waals surface area contributed by atoms with E-state index in [1.165, 1.54) is 37.9 Å². The Hall–Kier alpha value is -1.36. The number of anilines is 2. The Morgan fingerprint density at radius 1 is 1.32 bits per heavy atom. The maximum Gasteiger partial charge on any atom is 0.221 e. The summed E-state index contributed by atoms with van der Waals surface area (Å²) in [7, 11) is 0. The zero-order valence-corrected chi connectivity index (χ0v) is 11.7. The van der Waals surface area contributed by atoms with Crippen LogP contribution in [-0.4, -0.2) is 47.1 Å². The number of hydrogen-bond acceptors (Lipinski definition) is 5. The van der Waals surface area contributed by atoms with Crippen LogP contribution in [0.4, 0.5) is 11.8 Å². The summed E-state index contributed by atoms with van der Waals surface area (Å²) in [5.74, 6) is 1.44. The zero-order chi connectivity index (χ0) is 13.2. The van der Waals surface area contributed by atoms with Crippen molar-refractivity contribution in [2.75, 3.05) is 36.8 Å². The van der Waals surface area contributed by atoms with E-state index in [2.05, 4.69) is 26.7 Å². The van der Waals surface area contributed by atoms with Gasteiger partial charge in [0, 0.05) is 30.9 Å². The molecule has 5 heteroatoms. The minimum absolute atomic E-state index is 0.386. The highest BCUT2D eigenvalue weighted by Gasteiger charge is 2.30. The van der Waals surface area contributed by atoms with Crippen molar-refractivity contribution in [2.24, 2.45) is 0 Å². The standard InChI is InChI=1S/C14H23N5/c1-2-11-9-16-14(15)17-13(11)19-8-5-12(10-19)18-6-3-4-7-18/h9,12H,2-8,10H2,1H3,(H2,15,16,17)/t12-/m1/s1. The van der Waals surface area contributed by atoms with Crippen LogP contribution in [0.15, 0.2) is 6.20 Å². The first kappa shape index (κ1) is 12.7. The molecule has 2 fully saturated rings. The van der Waals surface area contributed by atoms with Gasteiger partial charge in [0.25, 0.3) is 0 Å². The summed E-state index contributed by atoms with van der Waals surface area (Å²) in [6.45, 7) is 6.86. The van der Waals surface area contributed by atoms with Crippen molar-refractivity contribution in [2.45, 2.75) is 38.6 Å². The van der Waals surface area contributed by atoms with Crippen molar-refractivity contribution >= 4 is 11.8 Å². The minimum atomic E-state index is 0.386. The van der Waals surface area contributed by atoms with Crippen molar-refractivity contribution in [3.05, 3.63) is 11.8 Å². The first-order valence-corrected chi connectivity index (χ1v) is 7.38. The van der Waals surface area contributed by atoms with Gasteiger partial charge in [0.2, 0.25) is 5.95 Å². The summed E-state index contributed by atoms with van der Waals surface area (Å²) in [5, 5.41) is 0. The van der Waals surface area contributed by atoms with Gasteiger partial charge in [-0.05, 0) is 38.8 Å². The van der Waals surface area contributed by atoms with E-state index in [-0.39, 0.29) is 0 Å². The van der Waals surface area contributed by atoms with Gasteiger partial charge in [-0.2, -0.15) is 4.98 Å². The first-order valence-electron chi connectivity index (χ1n) is 7.38. The SMILES string of the molecule is CCc1cnc(N)nc1N1CC[C@@H](N2CCCC2)C1. The predicted molar refractivity (Wildman–Crippen MR) is 77.2 cm³/mol. The average molecular weight is 261 g/mol. The number of aromatic nitrogens is 2. The van der Waals surface area contributed by atoms with Gasteiger partial charge in [-0.3, -0.25) is 4.90 Å². The molecule has 2 saturated heterocycles. The second kappa shape index (κ2) is 5.33. The Kier molecular flexibility index (Phi) is 3.55. The van der Waals surface area contributed by atoms with Gasteiger partial charge >= 0.3 is 0 Å². The molecule has 1 atom stereocenters. The van der Waals surface area contributed by atoms with E-state index in [1.54, 1.807) is 0 Å². The quantitative estimate of drug-likeness (QED) is 0.888. The Morgan fingerprint density at radius 2 is 2.11 bits per heavy atom. The van der Waals surface area contributed by atoms with E-state index in [4.69, 9.17) is 5.73 Å². The van der Waals surface area contributed by atoms with Crippen LogP contribution < -0.4 is 10.6 Å². The van der Waals surface area contributed by atoms with Gasteiger partial charge in [-0.15, -0.1) is 0 Å².